The van der Waals surface area contributed by atoms with Crippen LogP contribution in [0.4, 0.5) is 4.79 Å². The van der Waals surface area contributed by atoms with Crippen LogP contribution in [-0.4, -0.2) is 41.8 Å². The van der Waals surface area contributed by atoms with E-state index in [1.165, 1.54) is 12.8 Å². The molecule has 1 saturated heterocycles. The van der Waals surface area contributed by atoms with Gasteiger partial charge in [-0.2, -0.15) is 0 Å². The standard InChI is InChI=1S/C17H34N2O2/c1-7-9-14-10-15(12-19(11-14)13(3)8-2)18-16(20)21-17(4,5)6/h13-15H,7-12H2,1-6H3,(H,18,20). The fourth-order valence-corrected chi connectivity index (χ4v) is 3.05. The molecule has 124 valence electrons. The summed E-state index contributed by atoms with van der Waals surface area (Å²) in [4.78, 5) is 14.5. The van der Waals surface area contributed by atoms with Gasteiger partial charge in [0.2, 0.25) is 0 Å². The lowest BCUT2D eigenvalue weighted by molar-refractivity contribution is 0.0414. The predicted molar refractivity (Wildman–Crippen MR) is 87.5 cm³/mol. The Morgan fingerprint density at radius 2 is 2.00 bits per heavy atom. The molecule has 0 radical (unpaired) electrons. The van der Waals surface area contributed by atoms with Gasteiger partial charge in [0.05, 0.1) is 0 Å². The van der Waals surface area contributed by atoms with Gasteiger partial charge in [-0.25, -0.2) is 4.79 Å². The van der Waals surface area contributed by atoms with E-state index in [0.717, 1.165) is 25.9 Å². The fraction of sp³-hybridized carbons (Fsp3) is 0.941. The average molecular weight is 298 g/mol. The average Bonchev–Trinajstić information content (AvgIpc) is 2.35. The Morgan fingerprint density at radius 1 is 1.33 bits per heavy atom. The molecule has 0 aromatic carbocycles. The highest BCUT2D eigenvalue weighted by Crippen LogP contribution is 2.24. The molecule has 1 fully saturated rings. The van der Waals surface area contributed by atoms with Gasteiger partial charge in [-0.3, -0.25) is 4.90 Å². The van der Waals surface area contributed by atoms with Crippen molar-refractivity contribution in [2.24, 2.45) is 5.92 Å². The number of piperidine rings is 1. The van der Waals surface area contributed by atoms with E-state index in [1.54, 1.807) is 0 Å². The molecule has 21 heavy (non-hydrogen) atoms. The number of likely N-dealkylation sites (tertiary alicyclic amines) is 1. The lowest BCUT2D eigenvalue weighted by Gasteiger charge is -2.41. The maximum atomic E-state index is 12.0. The van der Waals surface area contributed by atoms with Gasteiger partial charge in [-0.1, -0.05) is 20.3 Å². The molecule has 4 nitrogen and oxygen atoms in total. The zero-order valence-corrected chi connectivity index (χ0v) is 14.7. The molecule has 1 amide bonds. The van der Waals surface area contributed by atoms with Crippen LogP contribution >= 0.6 is 0 Å². The second-order valence-corrected chi connectivity index (χ2v) is 7.44. The monoisotopic (exact) mass is 298 g/mol. The van der Waals surface area contributed by atoms with Crippen LogP contribution in [-0.2, 0) is 4.74 Å². The Morgan fingerprint density at radius 3 is 2.52 bits per heavy atom. The highest BCUT2D eigenvalue weighted by molar-refractivity contribution is 5.68. The van der Waals surface area contributed by atoms with Crippen LogP contribution in [0.3, 0.4) is 0 Å². The lowest BCUT2D eigenvalue weighted by atomic mass is 9.89. The molecular formula is C17H34N2O2. The third-order valence-electron chi connectivity index (χ3n) is 4.20. The number of hydrogen-bond acceptors (Lipinski definition) is 3. The number of carbonyl (C=O) groups excluding carboxylic acids is 1. The third-order valence-corrected chi connectivity index (χ3v) is 4.20. The summed E-state index contributed by atoms with van der Waals surface area (Å²) in [6, 6.07) is 0.784. The number of nitrogens with zero attached hydrogens (tertiary/aromatic N) is 1. The minimum atomic E-state index is -0.433. The minimum Gasteiger partial charge on any atom is -0.444 e. The van der Waals surface area contributed by atoms with Crippen LogP contribution < -0.4 is 5.32 Å². The van der Waals surface area contributed by atoms with Crippen molar-refractivity contribution in [3.05, 3.63) is 0 Å². The smallest absolute Gasteiger partial charge is 0.407 e. The van der Waals surface area contributed by atoms with E-state index < -0.39 is 5.60 Å². The highest BCUT2D eigenvalue weighted by atomic mass is 16.6. The Kier molecular flexibility index (Phi) is 6.98. The first-order valence-corrected chi connectivity index (χ1v) is 8.48. The van der Waals surface area contributed by atoms with Gasteiger partial charge in [-0.15, -0.1) is 0 Å². The van der Waals surface area contributed by atoms with E-state index >= 15 is 0 Å². The number of amides is 1. The zero-order chi connectivity index (χ0) is 16.0. The summed E-state index contributed by atoms with van der Waals surface area (Å²) < 4.78 is 5.39. The zero-order valence-electron chi connectivity index (χ0n) is 14.7. The number of rotatable bonds is 5. The summed E-state index contributed by atoms with van der Waals surface area (Å²) in [7, 11) is 0. The first-order chi connectivity index (χ1) is 9.75. The quantitative estimate of drug-likeness (QED) is 0.839. The SMILES string of the molecule is CCCC1CC(NC(=O)OC(C)(C)C)CN(C(C)CC)C1. The van der Waals surface area contributed by atoms with Gasteiger partial charge in [0.15, 0.2) is 0 Å². The minimum absolute atomic E-state index is 0.208. The molecule has 1 rings (SSSR count). The van der Waals surface area contributed by atoms with E-state index in [0.29, 0.717) is 12.0 Å². The third kappa shape index (κ3) is 6.68. The highest BCUT2D eigenvalue weighted by Gasteiger charge is 2.30. The second kappa shape index (κ2) is 8.02. The Labute approximate surface area is 130 Å². The summed E-state index contributed by atoms with van der Waals surface area (Å²) in [5, 5.41) is 3.07. The first kappa shape index (κ1) is 18.3. The van der Waals surface area contributed by atoms with Gasteiger partial charge in [-0.05, 0) is 52.9 Å². The van der Waals surface area contributed by atoms with Gasteiger partial charge >= 0.3 is 6.09 Å². The van der Waals surface area contributed by atoms with Gasteiger partial charge in [0.25, 0.3) is 0 Å². The first-order valence-electron chi connectivity index (χ1n) is 8.48. The molecule has 1 aliphatic rings. The summed E-state index contributed by atoms with van der Waals surface area (Å²) in [5.41, 5.74) is -0.433. The molecule has 3 atom stereocenters. The molecule has 1 aliphatic heterocycles. The van der Waals surface area contributed by atoms with E-state index in [4.69, 9.17) is 4.74 Å². The van der Waals surface area contributed by atoms with E-state index in [2.05, 4.69) is 31.0 Å². The molecule has 0 bridgehead atoms. The number of hydrogen-bond donors (Lipinski definition) is 1. The van der Waals surface area contributed by atoms with Crippen LogP contribution in [0.2, 0.25) is 0 Å². The van der Waals surface area contributed by atoms with Crippen LogP contribution in [0, 0.1) is 5.92 Å². The summed E-state index contributed by atoms with van der Waals surface area (Å²) in [6.07, 6.45) is 4.38. The fourth-order valence-electron chi connectivity index (χ4n) is 3.05. The summed E-state index contributed by atoms with van der Waals surface area (Å²) in [6.45, 7) is 14.5. The molecule has 0 aliphatic carbocycles. The van der Waals surface area contributed by atoms with Crippen LogP contribution in [0.1, 0.15) is 67.2 Å². The molecular weight excluding hydrogens is 264 g/mol. The number of alkyl carbamates (subject to hydrolysis) is 1. The topological polar surface area (TPSA) is 41.6 Å². The normalized spacial score (nSPS) is 25.4. The molecule has 4 heteroatoms. The number of nitrogens with one attached hydrogen (secondary N) is 1. The van der Waals surface area contributed by atoms with Crippen molar-refractivity contribution in [1.29, 1.82) is 0 Å². The molecule has 0 saturated carbocycles. The van der Waals surface area contributed by atoms with E-state index in [-0.39, 0.29) is 12.1 Å². The Hall–Kier alpha value is -0.770. The number of ether oxygens (including phenoxy) is 1. The van der Waals surface area contributed by atoms with Gasteiger partial charge in [0.1, 0.15) is 5.60 Å². The lowest BCUT2D eigenvalue weighted by Crippen LogP contribution is -2.53. The van der Waals surface area contributed by atoms with E-state index in [1.807, 2.05) is 20.8 Å². The van der Waals surface area contributed by atoms with Crippen molar-refractivity contribution < 1.29 is 9.53 Å². The second-order valence-electron chi connectivity index (χ2n) is 7.44. The molecule has 1 heterocycles. The van der Waals surface area contributed by atoms with Crippen molar-refractivity contribution in [2.75, 3.05) is 13.1 Å². The largest absolute Gasteiger partial charge is 0.444 e. The maximum Gasteiger partial charge on any atom is 0.407 e. The van der Waals surface area contributed by atoms with Crippen LogP contribution in [0.5, 0.6) is 0 Å². The Balaban J connectivity index is 2.60. The molecule has 0 aromatic rings. The van der Waals surface area contributed by atoms with Crippen LogP contribution in [0.15, 0.2) is 0 Å². The maximum absolute atomic E-state index is 12.0. The molecule has 1 N–H and O–H groups in total. The van der Waals surface area contributed by atoms with Gasteiger partial charge < -0.3 is 10.1 Å². The van der Waals surface area contributed by atoms with Gasteiger partial charge in [0, 0.05) is 25.2 Å². The van der Waals surface area contributed by atoms with Crippen molar-refractivity contribution in [3.63, 3.8) is 0 Å². The predicted octanol–water partition coefficient (Wildman–Crippen LogP) is 3.80. The molecule has 0 spiro atoms. The summed E-state index contributed by atoms with van der Waals surface area (Å²) >= 11 is 0. The summed E-state index contributed by atoms with van der Waals surface area (Å²) in [5.74, 6) is 0.678. The van der Waals surface area contributed by atoms with Crippen molar-refractivity contribution in [2.45, 2.75) is 84.9 Å². The number of carbonyl (C=O) groups is 1. The van der Waals surface area contributed by atoms with Crippen molar-refractivity contribution in [3.8, 4) is 0 Å². The molecule has 0 aromatic heterocycles. The van der Waals surface area contributed by atoms with E-state index in [9.17, 15) is 4.79 Å². The van der Waals surface area contributed by atoms with Crippen molar-refractivity contribution in [1.82, 2.24) is 10.2 Å². The Bertz CT molecular complexity index is 325. The molecule has 3 unspecified atom stereocenters. The van der Waals surface area contributed by atoms with Crippen LogP contribution in [0.25, 0.3) is 0 Å². The van der Waals surface area contributed by atoms with Crippen molar-refractivity contribution >= 4 is 6.09 Å².